The van der Waals surface area contributed by atoms with Crippen LogP contribution >= 0.6 is 11.6 Å². The monoisotopic (exact) mass is 289 g/mol. The summed E-state index contributed by atoms with van der Waals surface area (Å²) in [5.41, 5.74) is 2.46. The van der Waals surface area contributed by atoms with Crippen molar-refractivity contribution < 1.29 is 13.5 Å². The van der Waals surface area contributed by atoms with Gasteiger partial charge in [-0.15, -0.1) is 11.6 Å². The molecule has 0 spiro atoms. The van der Waals surface area contributed by atoms with E-state index in [1.165, 1.54) is 0 Å². The molecule has 104 valence electrons. The molecule has 0 saturated carbocycles. The molecule has 0 bridgehead atoms. The first-order valence-corrected chi connectivity index (χ1v) is 6.39. The van der Waals surface area contributed by atoms with Crippen LogP contribution in [0.3, 0.4) is 0 Å². The van der Waals surface area contributed by atoms with E-state index in [4.69, 9.17) is 16.3 Å². The molecule has 0 aliphatic heterocycles. The second-order valence-electron chi connectivity index (χ2n) is 4.13. The lowest BCUT2D eigenvalue weighted by Crippen LogP contribution is -2.12. The summed E-state index contributed by atoms with van der Waals surface area (Å²) in [6, 6.07) is 1.91. The molecule has 0 atom stereocenters. The number of rotatable bonds is 6. The molecule has 2 heterocycles. The van der Waals surface area contributed by atoms with Crippen LogP contribution in [-0.4, -0.2) is 34.2 Å². The van der Waals surface area contributed by atoms with Crippen LogP contribution in [0, 0.1) is 6.92 Å². The fourth-order valence-electron chi connectivity index (χ4n) is 1.82. The number of nitrogens with zero attached hydrogens (tertiary/aromatic N) is 3. The van der Waals surface area contributed by atoms with Crippen LogP contribution in [0.1, 0.15) is 11.4 Å². The molecule has 0 unspecified atom stereocenters. The number of imidazole rings is 1. The molecular weight excluding hydrogens is 276 g/mol. The van der Waals surface area contributed by atoms with Crippen molar-refractivity contribution in [1.29, 1.82) is 0 Å². The third kappa shape index (κ3) is 3.39. The van der Waals surface area contributed by atoms with E-state index in [1.54, 1.807) is 10.8 Å². The van der Waals surface area contributed by atoms with Gasteiger partial charge in [0.25, 0.3) is 6.43 Å². The fourth-order valence-corrected chi connectivity index (χ4v) is 2.03. The Bertz CT molecular complexity index is 559. The molecule has 0 aliphatic carbocycles. The maximum atomic E-state index is 12.0. The van der Waals surface area contributed by atoms with Gasteiger partial charge >= 0.3 is 0 Å². The lowest BCUT2D eigenvalue weighted by Gasteiger charge is -2.07. The second-order valence-corrected chi connectivity index (χ2v) is 4.40. The largest absolute Gasteiger partial charge is 0.374 e. The van der Waals surface area contributed by atoms with Gasteiger partial charge in [0.05, 0.1) is 12.5 Å². The fraction of sp³-hybridized carbons (Fsp3) is 0.500. The zero-order valence-corrected chi connectivity index (χ0v) is 11.2. The molecule has 7 heteroatoms. The first-order valence-electron chi connectivity index (χ1n) is 5.85. The Morgan fingerprint density at radius 3 is 2.95 bits per heavy atom. The van der Waals surface area contributed by atoms with E-state index in [9.17, 15) is 8.78 Å². The van der Waals surface area contributed by atoms with Crippen LogP contribution < -0.4 is 0 Å². The quantitative estimate of drug-likeness (QED) is 0.606. The topological polar surface area (TPSA) is 39.9 Å². The highest BCUT2D eigenvalue weighted by Gasteiger charge is 2.11. The van der Waals surface area contributed by atoms with E-state index < -0.39 is 13.0 Å². The highest BCUT2D eigenvalue weighted by atomic mass is 35.5. The molecule has 0 amide bonds. The zero-order valence-electron chi connectivity index (χ0n) is 10.4. The molecule has 19 heavy (non-hydrogen) atoms. The molecule has 0 N–H and O–H groups in total. The number of pyridine rings is 1. The normalized spacial score (nSPS) is 11.6. The van der Waals surface area contributed by atoms with Crippen molar-refractivity contribution in [2.75, 3.05) is 13.2 Å². The molecule has 0 aromatic carbocycles. The third-order valence-electron chi connectivity index (χ3n) is 2.62. The number of aryl methyl sites for hydroxylation is 1. The molecule has 2 rings (SSSR count). The van der Waals surface area contributed by atoms with Gasteiger partial charge in [-0.3, -0.25) is 0 Å². The molecule has 2 aromatic heterocycles. The summed E-state index contributed by atoms with van der Waals surface area (Å²) in [6.45, 7) is 1.95. The summed E-state index contributed by atoms with van der Waals surface area (Å²) < 4.78 is 30.6. The second kappa shape index (κ2) is 6.25. The number of ether oxygens (including phenoxy) is 1. The van der Waals surface area contributed by atoms with E-state index in [-0.39, 0.29) is 12.5 Å². The van der Waals surface area contributed by atoms with Gasteiger partial charge < -0.3 is 9.30 Å². The van der Waals surface area contributed by atoms with Crippen molar-refractivity contribution in [2.24, 2.45) is 0 Å². The minimum atomic E-state index is -2.45. The van der Waals surface area contributed by atoms with Gasteiger partial charge in [0.1, 0.15) is 17.9 Å². The number of aromatic nitrogens is 3. The van der Waals surface area contributed by atoms with Gasteiger partial charge in [0, 0.05) is 12.7 Å². The molecule has 2 aromatic rings. The van der Waals surface area contributed by atoms with Crippen LogP contribution in [0.2, 0.25) is 0 Å². The van der Waals surface area contributed by atoms with Gasteiger partial charge in [-0.05, 0) is 18.6 Å². The standard InChI is InChI=1S/C12H14ClF2N3O/c1-8-4-9-12(16-6-8)18(11(5-13)17-9)2-3-19-7-10(14)15/h4,6,10H,2-3,5,7H2,1H3. The maximum Gasteiger partial charge on any atom is 0.261 e. The highest BCUT2D eigenvalue weighted by Crippen LogP contribution is 2.16. The van der Waals surface area contributed by atoms with Crippen LogP contribution in [0.25, 0.3) is 11.2 Å². The van der Waals surface area contributed by atoms with E-state index in [1.807, 2.05) is 13.0 Å². The summed E-state index contributed by atoms with van der Waals surface area (Å²) >= 11 is 5.83. The molecule has 0 saturated heterocycles. The summed E-state index contributed by atoms with van der Waals surface area (Å²) in [4.78, 5) is 8.67. The van der Waals surface area contributed by atoms with Crippen molar-refractivity contribution in [1.82, 2.24) is 14.5 Å². The van der Waals surface area contributed by atoms with E-state index >= 15 is 0 Å². The molecular formula is C12H14ClF2N3O. The van der Waals surface area contributed by atoms with Gasteiger partial charge in [-0.1, -0.05) is 0 Å². The Morgan fingerprint density at radius 2 is 2.26 bits per heavy atom. The molecule has 0 radical (unpaired) electrons. The predicted octanol–water partition coefficient (Wildman–Crippen LogP) is 2.76. The minimum absolute atomic E-state index is 0.176. The first-order chi connectivity index (χ1) is 9.11. The van der Waals surface area contributed by atoms with Crippen LogP contribution in [0.5, 0.6) is 0 Å². The Labute approximate surface area is 114 Å². The molecule has 0 aliphatic rings. The lowest BCUT2D eigenvalue weighted by molar-refractivity contribution is 0.0148. The summed E-state index contributed by atoms with van der Waals surface area (Å²) in [5.74, 6) is 0.903. The lowest BCUT2D eigenvalue weighted by atomic mass is 10.3. The molecule has 4 nitrogen and oxygen atoms in total. The van der Waals surface area contributed by atoms with Crippen LogP contribution in [0.4, 0.5) is 8.78 Å². The van der Waals surface area contributed by atoms with Gasteiger partial charge in [-0.2, -0.15) is 0 Å². The van der Waals surface area contributed by atoms with Gasteiger partial charge in [-0.25, -0.2) is 18.7 Å². The number of hydrogen-bond donors (Lipinski definition) is 0. The van der Waals surface area contributed by atoms with Crippen molar-refractivity contribution in [2.45, 2.75) is 25.8 Å². The summed E-state index contributed by atoms with van der Waals surface area (Å²) in [6.07, 6.45) is -0.716. The van der Waals surface area contributed by atoms with Crippen molar-refractivity contribution >= 4 is 22.8 Å². The molecule has 0 fully saturated rings. The van der Waals surface area contributed by atoms with Crippen molar-refractivity contribution in [3.8, 4) is 0 Å². The zero-order chi connectivity index (χ0) is 13.8. The summed E-state index contributed by atoms with van der Waals surface area (Å²) in [7, 11) is 0. The van der Waals surface area contributed by atoms with Gasteiger partial charge in [0.2, 0.25) is 0 Å². The van der Waals surface area contributed by atoms with Crippen molar-refractivity contribution in [3.05, 3.63) is 23.7 Å². The predicted molar refractivity (Wildman–Crippen MR) is 68.6 cm³/mol. The van der Waals surface area contributed by atoms with E-state index in [0.717, 1.165) is 11.1 Å². The Hall–Kier alpha value is -1.27. The number of alkyl halides is 3. The van der Waals surface area contributed by atoms with Gasteiger partial charge in [0.15, 0.2) is 5.65 Å². The number of fused-ring (bicyclic) bond motifs is 1. The Balaban J connectivity index is 2.16. The minimum Gasteiger partial charge on any atom is -0.374 e. The Kier molecular flexibility index (Phi) is 4.66. The SMILES string of the molecule is Cc1cnc2c(c1)nc(CCl)n2CCOCC(F)F. The van der Waals surface area contributed by atoms with Crippen LogP contribution in [0.15, 0.2) is 12.3 Å². The number of halogens is 3. The first kappa shape index (κ1) is 14.1. The summed E-state index contributed by atoms with van der Waals surface area (Å²) in [5, 5.41) is 0. The Morgan fingerprint density at radius 1 is 1.47 bits per heavy atom. The maximum absolute atomic E-state index is 12.0. The average Bonchev–Trinajstić information content (AvgIpc) is 2.71. The average molecular weight is 290 g/mol. The van der Waals surface area contributed by atoms with Crippen LogP contribution in [-0.2, 0) is 17.2 Å². The number of hydrogen-bond acceptors (Lipinski definition) is 3. The smallest absolute Gasteiger partial charge is 0.261 e. The highest BCUT2D eigenvalue weighted by molar-refractivity contribution is 6.16. The third-order valence-corrected chi connectivity index (χ3v) is 2.86. The van der Waals surface area contributed by atoms with E-state index in [0.29, 0.717) is 18.0 Å². The van der Waals surface area contributed by atoms with E-state index in [2.05, 4.69) is 9.97 Å². The van der Waals surface area contributed by atoms with Crippen molar-refractivity contribution in [3.63, 3.8) is 0 Å².